The van der Waals surface area contributed by atoms with Crippen LogP contribution in [0.15, 0.2) is 6.07 Å². The predicted octanol–water partition coefficient (Wildman–Crippen LogP) is 0.503. The Kier molecular flexibility index (Phi) is 2.89. The van der Waals surface area contributed by atoms with Gasteiger partial charge in [0.2, 0.25) is 0 Å². The molecule has 7 nitrogen and oxygen atoms in total. The highest BCUT2D eigenvalue weighted by atomic mass is 16.5. The van der Waals surface area contributed by atoms with Gasteiger partial charge >= 0.3 is 11.9 Å². The molecule has 0 saturated carbocycles. The van der Waals surface area contributed by atoms with Crippen molar-refractivity contribution in [2.45, 2.75) is 0 Å². The van der Waals surface area contributed by atoms with Gasteiger partial charge in [0.15, 0.2) is 11.5 Å². The van der Waals surface area contributed by atoms with Crippen LogP contribution in [0.4, 0.5) is 0 Å². The first-order chi connectivity index (χ1) is 7.40. The molecule has 0 atom stereocenters. The summed E-state index contributed by atoms with van der Waals surface area (Å²) in [4.78, 5) is 21.5. The third-order valence-electron chi connectivity index (χ3n) is 1.89. The van der Waals surface area contributed by atoms with Crippen LogP contribution >= 0.6 is 0 Å². The molecule has 7 heteroatoms. The molecule has 0 amide bonds. The minimum Gasteiger partial charge on any atom is -0.507 e. The van der Waals surface area contributed by atoms with Crippen LogP contribution in [0.2, 0.25) is 0 Å². The monoisotopic (exact) mass is 228 g/mol. The first-order valence-electron chi connectivity index (χ1n) is 3.99. The molecule has 0 heterocycles. The van der Waals surface area contributed by atoms with E-state index < -0.39 is 34.6 Å². The van der Waals surface area contributed by atoms with Crippen molar-refractivity contribution in [3.8, 4) is 17.2 Å². The van der Waals surface area contributed by atoms with Crippen LogP contribution in [0.1, 0.15) is 20.7 Å². The molecule has 0 spiro atoms. The number of phenols is 2. The number of hydrogen-bond donors (Lipinski definition) is 4. The van der Waals surface area contributed by atoms with Gasteiger partial charge in [-0.3, -0.25) is 0 Å². The molecular formula is C9H8O7. The molecule has 86 valence electrons. The molecular weight excluding hydrogens is 220 g/mol. The maximum atomic E-state index is 10.8. The predicted molar refractivity (Wildman–Crippen MR) is 50.2 cm³/mol. The number of benzene rings is 1. The minimum atomic E-state index is -1.68. The second kappa shape index (κ2) is 3.97. The van der Waals surface area contributed by atoms with E-state index in [1.165, 1.54) is 0 Å². The molecule has 0 aromatic heterocycles. The number of methoxy groups -OCH3 is 1. The van der Waals surface area contributed by atoms with Crippen molar-refractivity contribution < 1.29 is 34.8 Å². The van der Waals surface area contributed by atoms with Crippen molar-refractivity contribution in [2.75, 3.05) is 7.11 Å². The molecule has 0 unspecified atom stereocenters. The average molecular weight is 228 g/mol. The Labute approximate surface area is 89.1 Å². The van der Waals surface area contributed by atoms with Crippen molar-refractivity contribution >= 4 is 11.9 Å². The molecule has 4 N–H and O–H groups in total. The van der Waals surface area contributed by atoms with Gasteiger partial charge in [0.25, 0.3) is 0 Å². The summed E-state index contributed by atoms with van der Waals surface area (Å²) >= 11 is 0. The van der Waals surface area contributed by atoms with E-state index in [0.717, 1.165) is 13.2 Å². The van der Waals surface area contributed by atoms with Crippen molar-refractivity contribution in [3.63, 3.8) is 0 Å². The third-order valence-corrected chi connectivity index (χ3v) is 1.89. The van der Waals surface area contributed by atoms with Crippen LogP contribution in [-0.2, 0) is 0 Å². The Morgan fingerprint density at radius 1 is 1.12 bits per heavy atom. The summed E-state index contributed by atoms with van der Waals surface area (Å²) in [5.41, 5.74) is -1.80. The maximum Gasteiger partial charge on any atom is 0.340 e. The fraction of sp³-hybridized carbons (Fsp3) is 0.111. The molecule has 0 aliphatic rings. The molecule has 0 aliphatic heterocycles. The summed E-state index contributed by atoms with van der Waals surface area (Å²) < 4.78 is 4.59. The standard InChI is InChI=1S/C9H8O7/c1-16-4-2-3(10)5(8(12)13)6(7(4)11)9(14)15/h2,10-11H,1H3,(H,12,13)(H,14,15). The van der Waals surface area contributed by atoms with Crippen LogP contribution in [0.3, 0.4) is 0 Å². The topological polar surface area (TPSA) is 124 Å². The van der Waals surface area contributed by atoms with Gasteiger partial charge in [0.1, 0.15) is 16.9 Å². The van der Waals surface area contributed by atoms with Crippen LogP contribution in [0, 0.1) is 0 Å². The fourth-order valence-electron chi connectivity index (χ4n) is 1.21. The van der Waals surface area contributed by atoms with E-state index >= 15 is 0 Å². The van der Waals surface area contributed by atoms with Gasteiger partial charge in [-0.05, 0) is 0 Å². The second-order valence-electron chi connectivity index (χ2n) is 2.81. The molecule has 16 heavy (non-hydrogen) atoms. The maximum absolute atomic E-state index is 10.8. The number of carboxylic acid groups (broad SMARTS) is 2. The molecule has 0 fully saturated rings. The minimum absolute atomic E-state index is 0.320. The summed E-state index contributed by atoms with van der Waals surface area (Å²) in [6, 6.07) is 0.825. The van der Waals surface area contributed by atoms with Gasteiger partial charge < -0.3 is 25.2 Å². The Hall–Kier alpha value is -2.44. The molecule has 1 aromatic rings. The van der Waals surface area contributed by atoms with E-state index in [9.17, 15) is 19.8 Å². The summed E-state index contributed by atoms with van der Waals surface area (Å²) in [7, 11) is 1.14. The Balaban J connectivity index is 3.68. The van der Waals surface area contributed by atoms with E-state index in [1.54, 1.807) is 0 Å². The first-order valence-corrected chi connectivity index (χ1v) is 3.99. The Bertz CT molecular complexity index is 463. The normalized spacial score (nSPS) is 9.81. The fourth-order valence-corrected chi connectivity index (χ4v) is 1.21. The van der Waals surface area contributed by atoms with E-state index in [0.29, 0.717) is 0 Å². The average Bonchev–Trinajstić information content (AvgIpc) is 2.19. The van der Waals surface area contributed by atoms with Gasteiger partial charge in [-0.2, -0.15) is 0 Å². The zero-order chi connectivity index (χ0) is 12.5. The summed E-state index contributed by atoms with van der Waals surface area (Å²) in [6.45, 7) is 0. The van der Waals surface area contributed by atoms with Crippen LogP contribution in [-0.4, -0.2) is 39.5 Å². The Morgan fingerprint density at radius 3 is 2.00 bits per heavy atom. The number of rotatable bonds is 3. The lowest BCUT2D eigenvalue weighted by Crippen LogP contribution is -2.09. The lowest BCUT2D eigenvalue weighted by Gasteiger charge is -2.10. The zero-order valence-corrected chi connectivity index (χ0v) is 8.09. The highest BCUT2D eigenvalue weighted by molar-refractivity contribution is 6.06. The lowest BCUT2D eigenvalue weighted by atomic mass is 10.0. The van der Waals surface area contributed by atoms with E-state index in [-0.39, 0.29) is 5.75 Å². The van der Waals surface area contributed by atoms with E-state index in [4.69, 9.17) is 10.2 Å². The van der Waals surface area contributed by atoms with Crippen molar-refractivity contribution in [1.82, 2.24) is 0 Å². The van der Waals surface area contributed by atoms with Gasteiger partial charge in [0, 0.05) is 6.07 Å². The summed E-state index contributed by atoms with van der Waals surface area (Å²) in [5, 5.41) is 36.2. The lowest BCUT2D eigenvalue weighted by molar-refractivity contribution is 0.0644. The van der Waals surface area contributed by atoms with Crippen LogP contribution in [0.25, 0.3) is 0 Å². The van der Waals surface area contributed by atoms with Crippen LogP contribution in [0.5, 0.6) is 17.2 Å². The first kappa shape index (κ1) is 11.6. The van der Waals surface area contributed by atoms with Gasteiger partial charge in [-0.25, -0.2) is 9.59 Å². The molecule has 0 saturated heterocycles. The number of aromatic carboxylic acids is 2. The highest BCUT2D eigenvalue weighted by Gasteiger charge is 2.27. The smallest absolute Gasteiger partial charge is 0.340 e. The van der Waals surface area contributed by atoms with E-state index in [2.05, 4.69) is 4.74 Å². The second-order valence-corrected chi connectivity index (χ2v) is 2.81. The number of hydrogen-bond acceptors (Lipinski definition) is 5. The van der Waals surface area contributed by atoms with Crippen molar-refractivity contribution in [2.24, 2.45) is 0 Å². The SMILES string of the molecule is COc1cc(O)c(C(=O)O)c(C(=O)O)c1O. The summed E-state index contributed by atoms with van der Waals surface area (Å²) in [6.07, 6.45) is 0. The molecule has 0 radical (unpaired) electrons. The number of carboxylic acids is 2. The van der Waals surface area contributed by atoms with Gasteiger partial charge in [-0.15, -0.1) is 0 Å². The van der Waals surface area contributed by atoms with E-state index in [1.807, 2.05) is 0 Å². The molecule has 0 aliphatic carbocycles. The molecule has 0 bridgehead atoms. The Morgan fingerprint density at radius 2 is 1.62 bits per heavy atom. The number of ether oxygens (including phenoxy) is 1. The number of aromatic hydroxyl groups is 2. The van der Waals surface area contributed by atoms with Crippen molar-refractivity contribution in [1.29, 1.82) is 0 Å². The number of carbonyl (C=O) groups is 2. The largest absolute Gasteiger partial charge is 0.507 e. The summed E-state index contributed by atoms with van der Waals surface area (Å²) in [5.74, 6) is -5.29. The van der Waals surface area contributed by atoms with Gasteiger partial charge in [0.05, 0.1) is 7.11 Å². The van der Waals surface area contributed by atoms with Crippen LogP contribution < -0.4 is 4.74 Å². The molecule has 1 aromatic carbocycles. The third kappa shape index (κ3) is 1.70. The highest BCUT2D eigenvalue weighted by Crippen LogP contribution is 2.38. The van der Waals surface area contributed by atoms with Gasteiger partial charge in [-0.1, -0.05) is 0 Å². The zero-order valence-electron chi connectivity index (χ0n) is 8.09. The quantitative estimate of drug-likeness (QED) is 0.555. The van der Waals surface area contributed by atoms with Crippen molar-refractivity contribution in [3.05, 3.63) is 17.2 Å². The molecule has 1 rings (SSSR count).